The van der Waals surface area contributed by atoms with E-state index in [2.05, 4.69) is 0 Å². The van der Waals surface area contributed by atoms with Gasteiger partial charge >= 0.3 is 5.97 Å². The number of hydrogen-bond acceptors (Lipinski definition) is 5. The van der Waals surface area contributed by atoms with Gasteiger partial charge in [0.1, 0.15) is 15.9 Å². The zero-order valence-electron chi connectivity index (χ0n) is 8.87. The van der Waals surface area contributed by atoms with E-state index >= 15 is 0 Å². The van der Waals surface area contributed by atoms with Gasteiger partial charge < -0.3 is 15.9 Å². The molecule has 0 aromatic carbocycles. The number of carbonyl (C=O) groups is 1. The van der Waals surface area contributed by atoms with Crippen molar-refractivity contribution < 1.29 is 23.4 Å². The highest BCUT2D eigenvalue weighted by molar-refractivity contribution is 7.91. The van der Waals surface area contributed by atoms with Gasteiger partial charge in [-0.05, 0) is 25.2 Å². The average molecular weight is 251 g/mol. The monoisotopic (exact) mass is 251 g/mol. The van der Waals surface area contributed by atoms with Crippen LogP contribution in [-0.4, -0.2) is 48.3 Å². The number of aliphatic hydroxyl groups excluding tert-OH is 1. The first-order chi connectivity index (χ1) is 7.32. The van der Waals surface area contributed by atoms with Crippen molar-refractivity contribution >= 4 is 15.8 Å². The minimum atomic E-state index is -2.95. The molecule has 1 heterocycles. The lowest BCUT2D eigenvalue weighted by atomic mass is 9.92. The number of rotatable bonds is 4. The molecule has 1 rings (SSSR count). The van der Waals surface area contributed by atoms with Crippen molar-refractivity contribution in [2.75, 3.05) is 11.5 Å². The Hall–Kier alpha value is -0.660. The van der Waals surface area contributed by atoms with Crippen molar-refractivity contribution in [1.29, 1.82) is 0 Å². The molecule has 0 amide bonds. The Kier molecular flexibility index (Phi) is 4.28. The Morgan fingerprint density at radius 2 is 1.88 bits per heavy atom. The van der Waals surface area contributed by atoms with Crippen LogP contribution in [0.15, 0.2) is 0 Å². The lowest BCUT2D eigenvalue weighted by Crippen LogP contribution is -2.38. The zero-order valence-corrected chi connectivity index (χ0v) is 9.69. The van der Waals surface area contributed by atoms with E-state index in [1.807, 2.05) is 0 Å². The van der Waals surface area contributed by atoms with Gasteiger partial charge in [-0.2, -0.15) is 0 Å². The number of sulfone groups is 1. The summed E-state index contributed by atoms with van der Waals surface area (Å²) in [5.41, 5.74) is 5.30. The van der Waals surface area contributed by atoms with Crippen LogP contribution in [0.2, 0.25) is 0 Å². The van der Waals surface area contributed by atoms with E-state index in [4.69, 9.17) is 10.8 Å². The molecule has 0 saturated carbocycles. The van der Waals surface area contributed by atoms with Crippen molar-refractivity contribution in [3.63, 3.8) is 0 Å². The Morgan fingerprint density at radius 1 is 1.38 bits per heavy atom. The molecule has 16 heavy (non-hydrogen) atoms. The van der Waals surface area contributed by atoms with Gasteiger partial charge in [0.25, 0.3) is 0 Å². The van der Waals surface area contributed by atoms with Crippen LogP contribution in [0.1, 0.15) is 19.3 Å². The zero-order chi connectivity index (χ0) is 12.3. The molecule has 1 fully saturated rings. The predicted octanol–water partition coefficient (Wildman–Crippen LogP) is -1.03. The summed E-state index contributed by atoms with van der Waals surface area (Å²) in [5, 5.41) is 18.3. The van der Waals surface area contributed by atoms with E-state index in [9.17, 15) is 18.3 Å². The standard InChI is InChI=1S/C9H17NO5S/c10-7(9(12)13)5-8(11)6-1-3-16(14,15)4-2-6/h6-8,11H,1-5,10H2,(H,12,13). The number of carboxylic acids is 1. The SMILES string of the molecule is NC(CC(O)C1CCS(=O)(=O)CC1)C(=O)O. The highest BCUT2D eigenvalue weighted by Crippen LogP contribution is 2.24. The second kappa shape index (κ2) is 5.11. The van der Waals surface area contributed by atoms with Gasteiger partial charge in [0.15, 0.2) is 0 Å². The molecule has 2 unspecified atom stereocenters. The molecule has 6 nitrogen and oxygen atoms in total. The molecular formula is C9H17NO5S. The number of carboxylic acid groups (broad SMARTS) is 1. The lowest BCUT2D eigenvalue weighted by molar-refractivity contribution is -0.139. The minimum absolute atomic E-state index is 0.0277. The molecule has 4 N–H and O–H groups in total. The molecule has 0 radical (unpaired) electrons. The van der Waals surface area contributed by atoms with Gasteiger partial charge in [0.2, 0.25) is 0 Å². The van der Waals surface area contributed by atoms with Crippen LogP contribution in [0.3, 0.4) is 0 Å². The maximum atomic E-state index is 11.1. The van der Waals surface area contributed by atoms with Crippen molar-refractivity contribution in [2.24, 2.45) is 11.7 Å². The summed E-state index contributed by atoms with van der Waals surface area (Å²) in [6, 6.07) is -1.09. The van der Waals surface area contributed by atoms with E-state index in [1.165, 1.54) is 0 Å². The highest BCUT2D eigenvalue weighted by atomic mass is 32.2. The molecule has 94 valence electrons. The number of hydrogen-bond donors (Lipinski definition) is 3. The van der Waals surface area contributed by atoms with Crippen LogP contribution >= 0.6 is 0 Å². The van der Waals surface area contributed by atoms with Gasteiger partial charge in [-0.1, -0.05) is 0 Å². The third-order valence-electron chi connectivity index (χ3n) is 2.96. The quantitative estimate of drug-likeness (QED) is 0.588. The summed E-state index contributed by atoms with van der Waals surface area (Å²) < 4.78 is 22.3. The Balaban J connectivity index is 2.45. The third-order valence-corrected chi connectivity index (χ3v) is 4.67. The fourth-order valence-electron chi connectivity index (χ4n) is 1.85. The maximum absolute atomic E-state index is 11.1. The number of aliphatic carboxylic acids is 1. The molecular weight excluding hydrogens is 234 g/mol. The van der Waals surface area contributed by atoms with Gasteiger partial charge in [-0.3, -0.25) is 4.79 Å². The van der Waals surface area contributed by atoms with Crippen molar-refractivity contribution in [3.05, 3.63) is 0 Å². The summed E-state index contributed by atoms with van der Waals surface area (Å²) in [7, 11) is -2.95. The Labute approximate surface area is 94.4 Å². The smallest absolute Gasteiger partial charge is 0.320 e. The van der Waals surface area contributed by atoms with Crippen LogP contribution < -0.4 is 5.73 Å². The first-order valence-electron chi connectivity index (χ1n) is 5.18. The fraction of sp³-hybridized carbons (Fsp3) is 0.889. The van der Waals surface area contributed by atoms with Crippen LogP contribution in [0.25, 0.3) is 0 Å². The molecule has 2 atom stereocenters. The van der Waals surface area contributed by atoms with Crippen LogP contribution in [0, 0.1) is 5.92 Å². The summed E-state index contributed by atoms with van der Waals surface area (Å²) in [6.07, 6.45) is -0.0901. The highest BCUT2D eigenvalue weighted by Gasteiger charge is 2.30. The summed E-state index contributed by atoms with van der Waals surface area (Å²) in [5.74, 6) is -1.18. The number of aliphatic hydroxyl groups is 1. The van der Waals surface area contributed by atoms with Crippen molar-refractivity contribution in [3.8, 4) is 0 Å². The Bertz CT molecular complexity index is 339. The molecule has 1 aliphatic heterocycles. The van der Waals surface area contributed by atoms with Crippen LogP contribution in [-0.2, 0) is 14.6 Å². The molecule has 0 bridgehead atoms. The molecule has 7 heteroatoms. The van der Waals surface area contributed by atoms with E-state index < -0.39 is 28.0 Å². The molecule has 0 aromatic rings. The van der Waals surface area contributed by atoms with Gasteiger partial charge in [-0.25, -0.2) is 8.42 Å². The minimum Gasteiger partial charge on any atom is -0.480 e. The first kappa shape index (κ1) is 13.4. The van der Waals surface area contributed by atoms with E-state index in [1.54, 1.807) is 0 Å². The summed E-state index contributed by atoms with van der Waals surface area (Å²) in [4.78, 5) is 10.5. The second-order valence-corrected chi connectivity index (χ2v) is 6.54. The fourth-order valence-corrected chi connectivity index (χ4v) is 3.37. The predicted molar refractivity (Wildman–Crippen MR) is 57.6 cm³/mol. The summed E-state index contributed by atoms with van der Waals surface area (Å²) >= 11 is 0. The lowest BCUT2D eigenvalue weighted by Gasteiger charge is -2.27. The largest absolute Gasteiger partial charge is 0.480 e. The Morgan fingerprint density at radius 3 is 2.31 bits per heavy atom. The van der Waals surface area contributed by atoms with E-state index in [-0.39, 0.29) is 23.8 Å². The van der Waals surface area contributed by atoms with Crippen molar-refractivity contribution in [2.45, 2.75) is 31.4 Å². The maximum Gasteiger partial charge on any atom is 0.320 e. The molecule has 0 spiro atoms. The van der Waals surface area contributed by atoms with Gasteiger partial charge in [0.05, 0.1) is 17.6 Å². The van der Waals surface area contributed by atoms with Gasteiger partial charge in [0, 0.05) is 0 Å². The molecule has 0 aliphatic carbocycles. The number of nitrogens with two attached hydrogens (primary N) is 1. The normalized spacial score (nSPS) is 24.9. The molecule has 1 aliphatic rings. The van der Waals surface area contributed by atoms with Crippen molar-refractivity contribution in [1.82, 2.24) is 0 Å². The van der Waals surface area contributed by atoms with Crippen LogP contribution in [0.5, 0.6) is 0 Å². The third kappa shape index (κ3) is 3.73. The van der Waals surface area contributed by atoms with Crippen LogP contribution in [0.4, 0.5) is 0 Å². The average Bonchev–Trinajstić information content (AvgIpc) is 2.17. The second-order valence-electron chi connectivity index (χ2n) is 4.24. The van der Waals surface area contributed by atoms with E-state index in [0.717, 1.165) is 0 Å². The first-order valence-corrected chi connectivity index (χ1v) is 7.01. The topological polar surface area (TPSA) is 118 Å². The molecule has 1 saturated heterocycles. The molecule has 0 aromatic heterocycles. The van der Waals surface area contributed by atoms with Gasteiger partial charge in [-0.15, -0.1) is 0 Å². The van der Waals surface area contributed by atoms with E-state index in [0.29, 0.717) is 12.8 Å². The summed E-state index contributed by atoms with van der Waals surface area (Å²) in [6.45, 7) is 0.